The van der Waals surface area contributed by atoms with Gasteiger partial charge in [0.05, 0.1) is 17.0 Å². The number of aromatic amines is 1. The average Bonchev–Trinajstić information content (AvgIpc) is 3.05. The summed E-state index contributed by atoms with van der Waals surface area (Å²) in [6.45, 7) is 3.25. The summed E-state index contributed by atoms with van der Waals surface area (Å²) in [6, 6.07) is 8.48. The minimum atomic E-state index is -0.00380. The van der Waals surface area contributed by atoms with Crippen LogP contribution in [0.3, 0.4) is 0 Å². The summed E-state index contributed by atoms with van der Waals surface area (Å²) in [7, 11) is 2.08. The predicted octanol–water partition coefficient (Wildman–Crippen LogP) is 2.79. The van der Waals surface area contributed by atoms with E-state index in [-0.39, 0.29) is 5.56 Å². The number of aryl methyl sites for hydroxylation is 1. The Labute approximate surface area is 163 Å². The number of aromatic nitrogens is 3. The summed E-state index contributed by atoms with van der Waals surface area (Å²) in [5.74, 6) is 0.686. The lowest BCUT2D eigenvalue weighted by atomic mass is 10.0. The van der Waals surface area contributed by atoms with Crippen LogP contribution in [0.2, 0.25) is 0 Å². The molecule has 0 saturated heterocycles. The van der Waals surface area contributed by atoms with Crippen molar-refractivity contribution < 1.29 is 0 Å². The minimum absolute atomic E-state index is 0.00380. The Morgan fingerprint density at radius 3 is 2.93 bits per heavy atom. The van der Waals surface area contributed by atoms with Crippen molar-refractivity contribution in [3.63, 3.8) is 0 Å². The lowest BCUT2D eigenvalue weighted by Gasteiger charge is -2.27. The van der Waals surface area contributed by atoms with Crippen LogP contribution in [0.5, 0.6) is 0 Å². The molecule has 2 aromatic heterocycles. The highest BCUT2D eigenvalue weighted by Gasteiger charge is 2.23. The van der Waals surface area contributed by atoms with Crippen LogP contribution in [-0.4, -0.2) is 38.2 Å². The molecule has 0 atom stereocenters. The van der Waals surface area contributed by atoms with Gasteiger partial charge in [-0.2, -0.15) is 0 Å². The first-order valence-corrected chi connectivity index (χ1v) is 10.1. The Balaban J connectivity index is 1.41. The van der Waals surface area contributed by atoms with Crippen LogP contribution in [0.4, 0.5) is 0 Å². The number of hydrogen-bond donors (Lipinski definition) is 1. The van der Waals surface area contributed by atoms with E-state index in [2.05, 4.69) is 57.0 Å². The van der Waals surface area contributed by atoms with Crippen LogP contribution < -0.4 is 5.56 Å². The fourth-order valence-corrected chi connectivity index (χ4v) is 4.44. The molecular weight excluding hydrogens is 350 g/mol. The normalized spacial score (nSPS) is 17.5. The third kappa shape index (κ3) is 3.07. The molecule has 6 nitrogen and oxygen atoms in total. The van der Waals surface area contributed by atoms with Gasteiger partial charge in [-0.15, -0.1) is 0 Å². The van der Waals surface area contributed by atoms with Gasteiger partial charge in [-0.25, -0.2) is 4.98 Å². The van der Waals surface area contributed by atoms with Gasteiger partial charge in [-0.1, -0.05) is 18.2 Å². The molecule has 0 amide bonds. The average molecular weight is 375 g/mol. The summed E-state index contributed by atoms with van der Waals surface area (Å²) in [5, 5.41) is 1.29. The van der Waals surface area contributed by atoms with Gasteiger partial charge in [-0.05, 0) is 30.9 Å². The van der Waals surface area contributed by atoms with Crippen molar-refractivity contribution in [1.29, 1.82) is 0 Å². The Morgan fingerprint density at radius 2 is 2.07 bits per heavy atom. The molecule has 4 heterocycles. The SMILES string of the molecule is Cn1cc(CN2CCc3nc(C4=NCCCC4)[nH]c(=O)c3C2)c2ccccc21. The second-order valence-corrected chi connectivity index (χ2v) is 7.87. The summed E-state index contributed by atoms with van der Waals surface area (Å²) in [5.41, 5.74) is 5.26. The van der Waals surface area contributed by atoms with Crippen molar-refractivity contribution >= 4 is 16.6 Å². The molecular formula is C22H25N5O. The Bertz CT molecular complexity index is 1120. The van der Waals surface area contributed by atoms with Crippen molar-refractivity contribution in [3.05, 3.63) is 63.5 Å². The van der Waals surface area contributed by atoms with E-state index in [1.807, 2.05) is 0 Å². The lowest BCUT2D eigenvalue weighted by molar-refractivity contribution is 0.242. The number of hydrogen-bond acceptors (Lipinski definition) is 4. The van der Waals surface area contributed by atoms with Crippen molar-refractivity contribution in [2.45, 2.75) is 38.8 Å². The third-order valence-electron chi connectivity index (χ3n) is 5.92. The highest BCUT2D eigenvalue weighted by Crippen LogP contribution is 2.24. The first-order chi connectivity index (χ1) is 13.7. The van der Waals surface area contributed by atoms with Crippen molar-refractivity contribution in [1.82, 2.24) is 19.4 Å². The molecule has 1 aromatic carbocycles. The first-order valence-electron chi connectivity index (χ1n) is 10.1. The number of fused-ring (bicyclic) bond motifs is 2. The number of H-pyrrole nitrogens is 1. The molecule has 5 rings (SSSR count). The molecule has 0 aliphatic carbocycles. The zero-order chi connectivity index (χ0) is 19.1. The van der Waals surface area contributed by atoms with E-state index in [4.69, 9.17) is 4.98 Å². The molecule has 0 saturated carbocycles. The van der Waals surface area contributed by atoms with E-state index in [0.29, 0.717) is 12.4 Å². The quantitative estimate of drug-likeness (QED) is 0.765. The molecule has 28 heavy (non-hydrogen) atoms. The molecule has 0 spiro atoms. The van der Waals surface area contributed by atoms with Gasteiger partial charge in [0, 0.05) is 56.7 Å². The monoisotopic (exact) mass is 375 g/mol. The lowest BCUT2D eigenvalue weighted by Crippen LogP contribution is -2.36. The van der Waals surface area contributed by atoms with Crippen molar-refractivity contribution in [2.75, 3.05) is 13.1 Å². The maximum Gasteiger partial charge on any atom is 0.255 e. The summed E-state index contributed by atoms with van der Waals surface area (Å²) >= 11 is 0. The second-order valence-electron chi connectivity index (χ2n) is 7.87. The van der Waals surface area contributed by atoms with E-state index in [1.54, 1.807) is 0 Å². The number of rotatable bonds is 3. The van der Waals surface area contributed by atoms with Gasteiger partial charge in [-0.3, -0.25) is 14.7 Å². The topological polar surface area (TPSA) is 66.3 Å². The molecule has 144 valence electrons. The largest absolute Gasteiger partial charge is 0.350 e. The van der Waals surface area contributed by atoms with E-state index >= 15 is 0 Å². The highest BCUT2D eigenvalue weighted by atomic mass is 16.1. The van der Waals surface area contributed by atoms with Crippen LogP contribution in [0.1, 0.15) is 41.9 Å². The van der Waals surface area contributed by atoms with Crippen LogP contribution in [0.15, 0.2) is 40.2 Å². The van der Waals surface area contributed by atoms with Gasteiger partial charge < -0.3 is 9.55 Å². The van der Waals surface area contributed by atoms with Crippen LogP contribution in [0, 0.1) is 0 Å². The summed E-state index contributed by atoms with van der Waals surface area (Å²) in [4.78, 5) is 27.4. The van der Waals surface area contributed by atoms with Gasteiger partial charge in [0.1, 0.15) is 0 Å². The molecule has 0 fully saturated rings. The fourth-order valence-electron chi connectivity index (χ4n) is 4.44. The number of para-hydroxylation sites is 1. The fraction of sp³-hybridized carbons (Fsp3) is 0.409. The van der Waals surface area contributed by atoms with Crippen LogP contribution >= 0.6 is 0 Å². The number of nitrogens with one attached hydrogen (secondary N) is 1. The van der Waals surface area contributed by atoms with E-state index < -0.39 is 0 Å². The molecule has 6 heteroatoms. The molecule has 2 aliphatic rings. The number of aliphatic imine (C=N–C) groups is 1. The van der Waals surface area contributed by atoms with Gasteiger partial charge >= 0.3 is 0 Å². The number of benzene rings is 1. The standard InChI is InChI=1S/C22H25N5O/c1-26-12-15(16-6-2-3-8-20(16)26)13-27-11-9-18-17(14-27)22(28)25-21(24-18)19-7-4-5-10-23-19/h2-3,6,8,12H,4-5,7,9-11,13-14H2,1H3,(H,24,25,28). The van der Waals surface area contributed by atoms with Gasteiger partial charge in [0.2, 0.25) is 0 Å². The van der Waals surface area contributed by atoms with Crippen molar-refractivity contribution in [2.24, 2.45) is 12.0 Å². The molecule has 3 aromatic rings. The molecule has 0 bridgehead atoms. The Hall–Kier alpha value is -2.73. The summed E-state index contributed by atoms with van der Waals surface area (Å²) in [6.07, 6.45) is 6.17. The molecule has 1 N–H and O–H groups in total. The maximum absolute atomic E-state index is 12.8. The van der Waals surface area contributed by atoms with E-state index in [9.17, 15) is 4.79 Å². The zero-order valence-electron chi connectivity index (χ0n) is 16.2. The Kier molecular flexibility index (Phi) is 4.36. The first kappa shape index (κ1) is 17.4. The molecule has 0 unspecified atom stereocenters. The molecule has 2 aliphatic heterocycles. The van der Waals surface area contributed by atoms with Crippen LogP contribution in [0.25, 0.3) is 10.9 Å². The van der Waals surface area contributed by atoms with Crippen molar-refractivity contribution in [3.8, 4) is 0 Å². The van der Waals surface area contributed by atoms with Crippen LogP contribution in [-0.2, 0) is 26.6 Å². The smallest absolute Gasteiger partial charge is 0.255 e. The number of nitrogens with zero attached hydrogens (tertiary/aromatic N) is 4. The second kappa shape index (κ2) is 7.02. The third-order valence-corrected chi connectivity index (χ3v) is 5.92. The Morgan fingerprint density at radius 1 is 1.18 bits per heavy atom. The zero-order valence-corrected chi connectivity index (χ0v) is 16.2. The highest BCUT2D eigenvalue weighted by molar-refractivity contribution is 5.97. The van der Waals surface area contributed by atoms with Gasteiger partial charge in [0.15, 0.2) is 5.82 Å². The summed E-state index contributed by atoms with van der Waals surface area (Å²) < 4.78 is 2.17. The van der Waals surface area contributed by atoms with E-state index in [0.717, 1.165) is 62.3 Å². The maximum atomic E-state index is 12.8. The minimum Gasteiger partial charge on any atom is -0.350 e. The van der Waals surface area contributed by atoms with E-state index in [1.165, 1.54) is 16.5 Å². The van der Waals surface area contributed by atoms with Gasteiger partial charge in [0.25, 0.3) is 5.56 Å². The predicted molar refractivity (Wildman–Crippen MR) is 111 cm³/mol. The molecule has 0 radical (unpaired) electrons.